The quantitative estimate of drug-likeness (QED) is 0.887. The van der Waals surface area contributed by atoms with E-state index < -0.39 is 0 Å². The van der Waals surface area contributed by atoms with E-state index in [9.17, 15) is 4.79 Å². The first-order chi connectivity index (χ1) is 9.15. The van der Waals surface area contributed by atoms with Gasteiger partial charge in [0.1, 0.15) is 10.7 Å². The molecule has 1 amide bonds. The van der Waals surface area contributed by atoms with Crippen molar-refractivity contribution in [2.45, 2.75) is 6.92 Å². The van der Waals surface area contributed by atoms with Crippen LogP contribution < -0.4 is 0 Å². The molecule has 7 heteroatoms. The number of nitrogens with zero attached hydrogens (tertiary/aromatic N) is 4. The molecule has 0 aliphatic rings. The summed E-state index contributed by atoms with van der Waals surface area (Å²) in [6.45, 7) is 2.72. The lowest BCUT2D eigenvalue weighted by Gasteiger charge is -2.17. The molecule has 0 atom stereocenters. The van der Waals surface area contributed by atoms with Gasteiger partial charge in [0.15, 0.2) is 0 Å². The highest BCUT2D eigenvalue weighted by molar-refractivity contribution is 7.13. The number of carbonyl (C=O) groups is 1. The number of amides is 1. The molecular formula is C12H16N4O2S. The molecule has 2 heterocycles. The molecule has 102 valence electrons. The smallest absolute Gasteiger partial charge is 0.273 e. The second-order valence-electron chi connectivity index (χ2n) is 4.05. The summed E-state index contributed by atoms with van der Waals surface area (Å²) in [6.07, 6.45) is 3.58. The normalized spacial score (nSPS) is 10.7. The maximum atomic E-state index is 12.2. The molecule has 2 aromatic heterocycles. The lowest BCUT2D eigenvalue weighted by molar-refractivity contribution is 0.0727. The van der Waals surface area contributed by atoms with E-state index in [1.807, 2.05) is 20.2 Å². The second kappa shape index (κ2) is 5.94. The molecule has 2 aromatic rings. The fraction of sp³-hybridized carbons (Fsp3) is 0.417. The van der Waals surface area contributed by atoms with Crippen LogP contribution in [0.3, 0.4) is 0 Å². The maximum absolute atomic E-state index is 12.2. The number of carbonyl (C=O) groups excluding carboxylic acids is 1. The Labute approximate surface area is 115 Å². The van der Waals surface area contributed by atoms with Gasteiger partial charge in [0.05, 0.1) is 12.8 Å². The van der Waals surface area contributed by atoms with Crippen LogP contribution in [0, 0.1) is 0 Å². The number of aryl methyl sites for hydroxylation is 1. The van der Waals surface area contributed by atoms with Gasteiger partial charge in [-0.25, -0.2) is 4.98 Å². The van der Waals surface area contributed by atoms with Gasteiger partial charge >= 0.3 is 0 Å². The summed E-state index contributed by atoms with van der Waals surface area (Å²) in [4.78, 5) is 18.1. The molecule has 0 saturated heterocycles. The fourth-order valence-electron chi connectivity index (χ4n) is 1.72. The van der Waals surface area contributed by atoms with Crippen molar-refractivity contribution in [2.75, 3.05) is 19.7 Å². The average molecular weight is 280 g/mol. The van der Waals surface area contributed by atoms with Gasteiger partial charge in [-0.15, -0.1) is 11.3 Å². The summed E-state index contributed by atoms with van der Waals surface area (Å²) in [5.74, 6) is -0.150. The van der Waals surface area contributed by atoms with Gasteiger partial charge in [0.2, 0.25) is 0 Å². The van der Waals surface area contributed by atoms with E-state index in [-0.39, 0.29) is 12.5 Å². The Morgan fingerprint density at radius 2 is 2.37 bits per heavy atom. The van der Waals surface area contributed by atoms with Crippen LogP contribution in [-0.2, 0) is 7.05 Å². The lowest BCUT2D eigenvalue weighted by Crippen LogP contribution is -2.33. The SMILES string of the molecule is CCN(CCO)C(=O)c1csc(-c2cnn(C)c2)n1. The predicted molar refractivity (Wildman–Crippen MR) is 73.0 cm³/mol. The van der Waals surface area contributed by atoms with E-state index >= 15 is 0 Å². The van der Waals surface area contributed by atoms with E-state index in [1.165, 1.54) is 11.3 Å². The molecule has 0 aliphatic carbocycles. The minimum atomic E-state index is -0.150. The van der Waals surface area contributed by atoms with Crippen LogP contribution in [0.15, 0.2) is 17.8 Å². The standard InChI is InChI=1S/C12H16N4O2S/c1-3-16(4-5-17)12(18)10-8-19-11(14-10)9-6-13-15(2)7-9/h6-8,17H,3-5H2,1-2H3. The highest BCUT2D eigenvalue weighted by Gasteiger charge is 2.17. The maximum Gasteiger partial charge on any atom is 0.273 e. The minimum absolute atomic E-state index is 0.0425. The number of likely N-dealkylation sites (N-methyl/N-ethyl adjacent to an activating group) is 1. The lowest BCUT2D eigenvalue weighted by atomic mass is 10.3. The Morgan fingerprint density at radius 1 is 1.58 bits per heavy atom. The third-order valence-corrected chi connectivity index (χ3v) is 3.61. The molecule has 0 unspecified atom stereocenters. The molecule has 0 saturated carbocycles. The summed E-state index contributed by atoms with van der Waals surface area (Å²) in [5.41, 5.74) is 1.32. The van der Waals surface area contributed by atoms with E-state index in [0.717, 1.165) is 10.6 Å². The topological polar surface area (TPSA) is 71.2 Å². The summed E-state index contributed by atoms with van der Waals surface area (Å²) < 4.78 is 1.70. The van der Waals surface area contributed by atoms with Crippen LogP contribution in [-0.4, -0.2) is 50.4 Å². The molecule has 2 rings (SSSR count). The number of hydrogen-bond acceptors (Lipinski definition) is 5. The van der Waals surface area contributed by atoms with Gasteiger partial charge in [0, 0.05) is 37.3 Å². The van der Waals surface area contributed by atoms with Crippen LogP contribution in [0.25, 0.3) is 10.6 Å². The predicted octanol–water partition coefficient (Wildman–Crippen LogP) is 0.998. The number of aliphatic hydroxyl groups excluding tert-OH is 1. The first-order valence-corrected chi connectivity index (χ1v) is 6.88. The van der Waals surface area contributed by atoms with E-state index in [4.69, 9.17) is 5.11 Å². The number of aromatic nitrogens is 3. The third kappa shape index (κ3) is 2.99. The molecular weight excluding hydrogens is 264 g/mol. The van der Waals surface area contributed by atoms with Gasteiger partial charge in [-0.1, -0.05) is 0 Å². The third-order valence-electron chi connectivity index (χ3n) is 2.71. The Balaban J connectivity index is 2.18. The van der Waals surface area contributed by atoms with Gasteiger partial charge in [-0.3, -0.25) is 9.48 Å². The minimum Gasteiger partial charge on any atom is -0.395 e. The first-order valence-electron chi connectivity index (χ1n) is 6.00. The number of thiazole rings is 1. The summed E-state index contributed by atoms with van der Waals surface area (Å²) >= 11 is 1.42. The van der Waals surface area contributed by atoms with Crippen molar-refractivity contribution in [3.05, 3.63) is 23.5 Å². The number of rotatable bonds is 5. The van der Waals surface area contributed by atoms with Crippen LogP contribution in [0.5, 0.6) is 0 Å². The van der Waals surface area contributed by atoms with Crippen molar-refractivity contribution in [1.29, 1.82) is 0 Å². The van der Waals surface area contributed by atoms with E-state index in [2.05, 4.69) is 10.1 Å². The molecule has 1 N–H and O–H groups in total. The molecule has 0 aromatic carbocycles. The zero-order chi connectivity index (χ0) is 13.8. The van der Waals surface area contributed by atoms with E-state index in [0.29, 0.717) is 18.8 Å². The number of aliphatic hydroxyl groups is 1. The molecule has 19 heavy (non-hydrogen) atoms. The molecule has 0 radical (unpaired) electrons. The van der Waals surface area contributed by atoms with Crippen LogP contribution in [0.4, 0.5) is 0 Å². The molecule has 0 bridgehead atoms. The highest BCUT2D eigenvalue weighted by Crippen LogP contribution is 2.23. The summed E-state index contributed by atoms with van der Waals surface area (Å²) in [5, 5.41) is 15.5. The van der Waals surface area contributed by atoms with Gasteiger partial charge in [-0.05, 0) is 6.92 Å². The Hall–Kier alpha value is -1.73. The average Bonchev–Trinajstić information content (AvgIpc) is 3.03. The zero-order valence-corrected chi connectivity index (χ0v) is 11.7. The van der Waals surface area contributed by atoms with Crippen molar-refractivity contribution < 1.29 is 9.90 Å². The van der Waals surface area contributed by atoms with Gasteiger partial charge in [-0.2, -0.15) is 5.10 Å². The Bertz CT molecular complexity index is 564. The molecule has 0 fully saturated rings. The van der Waals surface area contributed by atoms with Crippen LogP contribution in [0.2, 0.25) is 0 Å². The van der Waals surface area contributed by atoms with Crippen LogP contribution >= 0.6 is 11.3 Å². The van der Waals surface area contributed by atoms with Crippen molar-refractivity contribution in [3.8, 4) is 10.6 Å². The zero-order valence-electron chi connectivity index (χ0n) is 10.9. The van der Waals surface area contributed by atoms with Crippen molar-refractivity contribution in [3.63, 3.8) is 0 Å². The first kappa shape index (κ1) is 13.7. The van der Waals surface area contributed by atoms with Crippen LogP contribution in [0.1, 0.15) is 17.4 Å². The highest BCUT2D eigenvalue weighted by atomic mass is 32.1. The molecule has 0 spiro atoms. The second-order valence-corrected chi connectivity index (χ2v) is 4.91. The van der Waals surface area contributed by atoms with Crippen molar-refractivity contribution in [1.82, 2.24) is 19.7 Å². The van der Waals surface area contributed by atoms with Crippen molar-refractivity contribution in [2.24, 2.45) is 7.05 Å². The Morgan fingerprint density at radius 3 is 2.95 bits per heavy atom. The van der Waals surface area contributed by atoms with Gasteiger partial charge < -0.3 is 10.0 Å². The van der Waals surface area contributed by atoms with Gasteiger partial charge in [0.25, 0.3) is 5.91 Å². The number of hydrogen-bond donors (Lipinski definition) is 1. The largest absolute Gasteiger partial charge is 0.395 e. The summed E-state index contributed by atoms with van der Waals surface area (Å²) in [7, 11) is 1.84. The fourth-order valence-corrected chi connectivity index (χ4v) is 2.49. The van der Waals surface area contributed by atoms with Crippen molar-refractivity contribution >= 4 is 17.2 Å². The summed E-state index contributed by atoms with van der Waals surface area (Å²) in [6, 6.07) is 0. The molecule has 6 nitrogen and oxygen atoms in total. The van der Waals surface area contributed by atoms with E-state index in [1.54, 1.807) is 21.2 Å². The monoisotopic (exact) mass is 280 g/mol. The Kier molecular flexibility index (Phi) is 4.28. The molecule has 0 aliphatic heterocycles.